The van der Waals surface area contributed by atoms with Crippen LogP contribution in [0.5, 0.6) is 0 Å². The molecule has 0 aliphatic carbocycles. The topological polar surface area (TPSA) is 46.1 Å². The molecule has 0 atom stereocenters. The van der Waals surface area contributed by atoms with E-state index in [9.17, 15) is 4.79 Å². The van der Waals surface area contributed by atoms with Gasteiger partial charge in [-0.05, 0) is 43.3 Å². The molecule has 2 N–H and O–H groups in total. The molecule has 0 saturated heterocycles. The number of halogens is 1. The molecular weight excluding hydrogens is 286 g/mol. The zero-order chi connectivity index (χ0) is 15.1. The second-order valence-electron chi connectivity index (χ2n) is 4.86. The molecule has 5 heteroatoms. The molecule has 0 unspecified atom stereocenters. The molecule has 0 saturated carbocycles. The van der Waals surface area contributed by atoms with Crippen LogP contribution in [0.25, 0.3) is 0 Å². The van der Waals surface area contributed by atoms with Gasteiger partial charge in [-0.15, -0.1) is 0 Å². The standard InChI is InChI=1S/C16H20ClN3O/c1-2-8-18-11-15-7-4-9-20(15)12-16(21)19-14-6-3-5-13(17)10-14/h3-7,9-10,18H,2,8,11-12H2,1H3,(H,19,21). The summed E-state index contributed by atoms with van der Waals surface area (Å²) in [6, 6.07) is 11.1. The highest BCUT2D eigenvalue weighted by Gasteiger charge is 2.07. The van der Waals surface area contributed by atoms with Gasteiger partial charge < -0.3 is 15.2 Å². The summed E-state index contributed by atoms with van der Waals surface area (Å²) >= 11 is 5.90. The molecule has 0 bridgehead atoms. The van der Waals surface area contributed by atoms with Crippen molar-refractivity contribution in [1.82, 2.24) is 9.88 Å². The quantitative estimate of drug-likeness (QED) is 0.771. The van der Waals surface area contributed by atoms with Gasteiger partial charge in [-0.25, -0.2) is 0 Å². The third-order valence-corrected chi connectivity index (χ3v) is 3.31. The van der Waals surface area contributed by atoms with E-state index in [2.05, 4.69) is 17.6 Å². The first-order valence-corrected chi connectivity index (χ1v) is 7.47. The minimum absolute atomic E-state index is 0.0646. The van der Waals surface area contributed by atoms with Crippen molar-refractivity contribution in [2.75, 3.05) is 11.9 Å². The van der Waals surface area contributed by atoms with Crippen LogP contribution in [0.1, 0.15) is 19.0 Å². The maximum atomic E-state index is 12.1. The zero-order valence-corrected chi connectivity index (χ0v) is 12.9. The minimum Gasteiger partial charge on any atom is -0.341 e. The van der Waals surface area contributed by atoms with Crippen LogP contribution in [0.4, 0.5) is 5.69 Å². The summed E-state index contributed by atoms with van der Waals surface area (Å²) in [5.41, 5.74) is 1.81. The first-order chi connectivity index (χ1) is 10.2. The van der Waals surface area contributed by atoms with E-state index in [-0.39, 0.29) is 5.91 Å². The Balaban J connectivity index is 1.92. The molecule has 2 aromatic rings. The van der Waals surface area contributed by atoms with Crippen LogP contribution in [0.3, 0.4) is 0 Å². The predicted molar refractivity (Wildman–Crippen MR) is 86.5 cm³/mol. The molecular formula is C16H20ClN3O. The lowest BCUT2D eigenvalue weighted by Crippen LogP contribution is -2.22. The highest BCUT2D eigenvalue weighted by Crippen LogP contribution is 2.15. The Labute approximate surface area is 130 Å². The number of aromatic nitrogens is 1. The number of benzene rings is 1. The summed E-state index contributed by atoms with van der Waals surface area (Å²) in [6.45, 7) is 4.16. The average Bonchev–Trinajstić information content (AvgIpc) is 2.86. The molecule has 4 nitrogen and oxygen atoms in total. The first kappa shape index (κ1) is 15.6. The molecule has 0 spiro atoms. The van der Waals surface area contributed by atoms with Crippen molar-refractivity contribution in [2.24, 2.45) is 0 Å². The molecule has 112 valence electrons. The fourth-order valence-corrected chi connectivity index (χ4v) is 2.27. The molecule has 2 rings (SSSR count). The Hall–Kier alpha value is -1.78. The number of hydrogen-bond donors (Lipinski definition) is 2. The van der Waals surface area contributed by atoms with Crippen LogP contribution in [0, 0.1) is 0 Å². The van der Waals surface area contributed by atoms with Gasteiger partial charge in [-0.1, -0.05) is 24.6 Å². The van der Waals surface area contributed by atoms with Gasteiger partial charge in [0, 0.05) is 29.1 Å². The number of carbonyl (C=O) groups excluding carboxylic acids is 1. The molecule has 0 radical (unpaired) electrons. The van der Waals surface area contributed by atoms with Crippen LogP contribution < -0.4 is 10.6 Å². The Morgan fingerprint density at radius 3 is 2.90 bits per heavy atom. The van der Waals surface area contributed by atoms with Crippen molar-refractivity contribution >= 4 is 23.2 Å². The Morgan fingerprint density at radius 1 is 1.29 bits per heavy atom. The van der Waals surface area contributed by atoms with E-state index in [4.69, 9.17) is 11.6 Å². The van der Waals surface area contributed by atoms with E-state index in [1.807, 2.05) is 35.0 Å². The maximum absolute atomic E-state index is 12.1. The largest absolute Gasteiger partial charge is 0.341 e. The highest BCUT2D eigenvalue weighted by molar-refractivity contribution is 6.30. The normalized spacial score (nSPS) is 10.6. The number of amides is 1. The molecule has 21 heavy (non-hydrogen) atoms. The van der Waals surface area contributed by atoms with Crippen molar-refractivity contribution in [3.05, 3.63) is 53.3 Å². The van der Waals surface area contributed by atoms with Gasteiger partial charge in [0.15, 0.2) is 0 Å². The molecule has 0 fully saturated rings. The van der Waals surface area contributed by atoms with Crippen LogP contribution in [-0.2, 0) is 17.9 Å². The van der Waals surface area contributed by atoms with Gasteiger partial charge in [-0.2, -0.15) is 0 Å². The van der Waals surface area contributed by atoms with E-state index in [1.165, 1.54) is 0 Å². The molecule has 0 aliphatic heterocycles. The lowest BCUT2D eigenvalue weighted by atomic mass is 10.3. The summed E-state index contributed by atoms with van der Waals surface area (Å²) in [5, 5.41) is 6.80. The van der Waals surface area contributed by atoms with Crippen molar-refractivity contribution in [2.45, 2.75) is 26.4 Å². The highest BCUT2D eigenvalue weighted by atomic mass is 35.5. The maximum Gasteiger partial charge on any atom is 0.244 e. The smallest absolute Gasteiger partial charge is 0.244 e. The third kappa shape index (κ3) is 4.92. The number of nitrogens with zero attached hydrogens (tertiary/aromatic N) is 1. The van der Waals surface area contributed by atoms with E-state index in [0.717, 1.165) is 25.2 Å². The van der Waals surface area contributed by atoms with Gasteiger partial charge in [0.25, 0.3) is 0 Å². The Bertz CT molecular complexity index is 595. The molecule has 1 aromatic carbocycles. The molecule has 1 heterocycles. The van der Waals surface area contributed by atoms with Gasteiger partial charge >= 0.3 is 0 Å². The molecule has 1 aromatic heterocycles. The van der Waals surface area contributed by atoms with Gasteiger partial charge in [0.05, 0.1) is 0 Å². The number of anilines is 1. The zero-order valence-electron chi connectivity index (χ0n) is 12.1. The number of carbonyl (C=O) groups is 1. The number of rotatable bonds is 7. The van der Waals surface area contributed by atoms with Crippen LogP contribution in [0.15, 0.2) is 42.6 Å². The van der Waals surface area contributed by atoms with Crippen LogP contribution in [-0.4, -0.2) is 17.0 Å². The van der Waals surface area contributed by atoms with E-state index in [0.29, 0.717) is 17.3 Å². The second kappa shape index (κ2) is 7.86. The Morgan fingerprint density at radius 2 is 2.14 bits per heavy atom. The first-order valence-electron chi connectivity index (χ1n) is 7.09. The van der Waals surface area contributed by atoms with E-state index in [1.54, 1.807) is 12.1 Å². The third-order valence-electron chi connectivity index (χ3n) is 3.08. The minimum atomic E-state index is -0.0646. The van der Waals surface area contributed by atoms with Crippen LogP contribution in [0.2, 0.25) is 5.02 Å². The lowest BCUT2D eigenvalue weighted by molar-refractivity contribution is -0.116. The summed E-state index contributed by atoms with van der Waals surface area (Å²) in [7, 11) is 0. The van der Waals surface area contributed by atoms with Gasteiger partial charge in [-0.3, -0.25) is 4.79 Å². The summed E-state index contributed by atoms with van der Waals surface area (Å²) < 4.78 is 1.95. The van der Waals surface area contributed by atoms with Gasteiger partial charge in [0.1, 0.15) is 6.54 Å². The van der Waals surface area contributed by atoms with Crippen molar-refractivity contribution in [3.8, 4) is 0 Å². The number of hydrogen-bond acceptors (Lipinski definition) is 2. The van der Waals surface area contributed by atoms with Gasteiger partial charge in [0.2, 0.25) is 5.91 Å². The fourth-order valence-electron chi connectivity index (χ4n) is 2.08. The van der Waals surface area contributed by atoms with Crippen molar-refractivity contribution in [1.29, 1.82) is 0 Å². The molecule has 0 aliphatic rings. The van der Waals surface area contributed by atoms with Crippen molar-refractivity contribution in [3.63, 3.8) is 0 Å². The second-order valence-corrected chi connectivity index (χ2v) is 5.30. The van der Waals surface area contributed by atoms with E-state index >= 15 is 0 Å². The summed E-state index contributed by atoms with van der Waals surface area (Å²) in [6.07, 6.45) is 3.01. The average molecular weight is 306 g/mol. The van der Waals surface area contributed by atoms with E-state index < -0.39 is 0 Å². The Kier molecular flexibility index (Phi) is 5.84. The summed E-state index contributed by atoms with van der Waals surface area (Å²) in [4.78, 5) is 12.1. The monoisotopic (exact) mass is 305 g/mol. The van der Waals surface area contributed by atoms with Crippen molar-refractivity contribution < 1.29 is 4.79 Å². The predicted octanol–water partition coefficient (Wildman–Crippen LogP) is 3.28. The number of nitrogens with one attached hydrogen (secondary N) is 2. The fraction of sp³-hybridized carbons (Fsp3) is 0.312. The molecule has 1 amide bonds. The summed E-state index contributed by atoms with van der Waals surface area (Å²) in [5.74, 6) is -0.0646. The SMILES string of the molecule is CCCNCc1cccn1CC(=O)Nc1cccc(Cl)c1. The lowest BCUT2D eigenvalue weighted by Gasteiger charge is -2.10. The van der Waals surface area contributed by atoms with Crippen LogP contribution >= 0.6 is 11.6 Å².